The zero-order chi connectivity index (χ0) is 10.6. The van der Waals surface area contributed by atoms with E-state index < -0.39 is 0 Å². The number of amides is 1. The number of hydrogen-bond acceptors (Lipinski definition) is 5. The normalized spacial score (nSPS) is 10.8. The number of carbonyl (C=O) groups excluding carboxylic acids is 1. The zero-order valence-corrected chi connectivity index (χ0v) is 8.99. The molecule has 0 aliphatic heterocycles. The van der Waals surface area contributed by atoms with Crippen molar-refractivity contribution in [3.8, 4) is 0 Å². The number of hydrogen-bond donors (Lipinski definition) is 1. The number of thioether (sulfide) groups is 1. The van der Waals surface area contributed by atoms with Crippen molar-refractivity contribution < 1.29 is 4.79 Å². The van der Waals surface area contributed by atoms with Crippen molar-refractivity contribution in [3.05, 3.63) is 0 Å². The summed E-state index contributed by atoms with van der Waals surface area (Å²) >= 11 is 1.26. The van der Waals surface area contributed by atoms with E-state index in [9.17, 15) is 4.79 Å². The summed E-state index contributed by atoms with van der Waals surface area (Å²) in [7, 11) is 0. The van der Waals surface area contributed by atoms with Crippen molar-refractivity contribution in [2.45, 2.75) is 25.5 Å². The van der Waals surface area contributed by atoms with Gasteiger partial charge in [0, 0.05) is 6.54 Å². The van der Waals surface area contributed by atoms with E-state index in [0.29, 0.717) is 11.1 Å². The third-order valence-electron chi connectivity index (χ3n) is 1.38. The predicted octanol–water partition coefficient (Wildman–Crippen LogP) is -0.0935. The Morgan fingerprint density at radius 1 is 1.64 bits per heavy atom. The fourth-order valence-corrected chi connectivity index (χ4v) is 1.52. The highest BCUT2D eigenvalue weighted by Gasteiger charge is 2.08. The molecule has 0 saturated carbocycles. The molecule has 0 atom stereocenters. The largest absolute Gasteiger partial charge is 0.369 e. The lowest BCUT2D eigenvalue weighted by Gasteiger charge is -2.05. The smallest absolute Gasteiger partial charge is 0.227 e. The van der Waals surface area contributed by atoms with Gasteiger partial charge < -0.3 is 5.73 Å². The Morgan fingerprint density at radius 2 is 2.36 bits per heavy atom. The van der Waals surface area contributed by atoms with Crippen molar-refractivity contribution in [2.75, 3.05) is 5.75 Å². The fraction of sp³-hybridized carbons (Fsp3) is 0.714. The molecule has 0 aliphatic rings. The first-order valence-corrected chi connectivity index (χ1v) is 5.25. The lowest BCUT2D eigenvalue weighted by atomic mass is 10.2. The van der Waals surface area contributed by atoms with E-state index in [1.807, 2.05) is 0 Å². The molecule has 1 aromatic heterocycles. The van der Waals surface area contributed by atoms with Gasteiger partial charge in [-0.15, -0.1) is 5.10 Å². The van der Waals surface area contributed by atoms with Crippen LogP contribution in [0.2, 0.25) is 0 Å². The number of primary amides is 1. The molecule has 0 spiro atoms. The van der Waals surface area contributed by atoms with Gasteiger partial charge in [0.2, 0.25) is 11.1 Å². The van der Waals surface area contributed by atoms with Crippen molar-refractivity contribution in [3.63, 3.8) is 0 Å². The Morgan fingerprint density at radius 3 is 2.93 bits per heavy atom. The molecule has 0 fully saturated rings. The maximum Gasteiger partial charge on any atom is 0.227 e. The van der Waals surface area contributed by atoms with Crippen LogP contribution in [0, 0.1) is 5.92 Å². The first-order valence-electron chi connectivity index (χ1n) is 4.27. The topological polar surface area (TPSA) is 86.7 Å². The molecule has 0 bridgehead atoms. The van der Waals surface area contributed by atoms with E-state index in [0.717, 1.165) is 6.54 Å². The number of tetrazole rings is 1. The third kappa shape index (κ3) is 3.33. The standard InChI is InChI=1S/C7H13N5OS/c1-5(2)3-12-7(9-10-11-12)14-4-6(8)13/h5H,3-4H2,1-2H3,(H2,8,13). The van der Waals surface area contributed by atoms with Gasteiger partial charge >= 0.3 is 0 Å². The average molecular weight is 215 g/mol. The van der Waals surface area contributed by atoms with E-state index >= 15 is 0 Å². The van der Waals surface area contributed by atoms with Crippen LogP contribution in [0.3, 0.4) is 0 Å². The molecule has 1 amide bonds. The molecule has 14 heavy (non-hydrogen) atoms. The molecule has 2 N–H and O–H groups in total. The van der Waals surface area contributed by atoms with Crippen molar-refractivity contribution in [1.29, 1.82) is 0 Å². The Balaban J connectivity index is 2.58. The summed E-state index contributed by atoms with van der Waals surface area (Å²) < 4.78 is 1.68. The maximum atomic E-state index is 10.6. The highest BCUT2D eigenvalue weighted by molar-refractivity contribution is 7.99. The molecular formula is C7H13N5OS. The zero-order valence-electron chi connectivity index (χ0n) is 8.17. The Hall–Kier alpha value is -1.11. The van der Waals surface area contributed by atoms with E-state index in [-0.39, 0.29) is 11.7 Å². The molecule has 0 aromatic carbocycles. The average Bonchev–Trinajstić information content (AvgIpc) is 2.47. The summed E-state index contributed by atoms with van der Waals surface area (Å²) in [4.78, 5) is 10.6. The summed E-state index contributed by atoms with van der Waals surface area (Å²) in [6, 6.07) is 0. The second-order valence-corrected chi connectivity index (χ2v) is 4.23. The lowest BCUT2D eigenvalue weighted by Crippen LogP contribution is -2.14. The van der Waals surface area contributed by atoms with Gasteiger partial charge in [-0.2, -0.15) is 0 Å². The SMILES string of the molecule is CC(C)Cn1nnnc1SCC(N)=O. The summed E-state index contributed by atoms with van der Waals surface area (Å²) in [5.41, 5.74) is 5.02. The second-order valence-electron chi connectivity index (χ2n) is 3.29. The van der Waals surface area contributed by atoms with Gasteiger partial charge in [0.05, 0.1) is 5.75 Å². The summed E-state index contributed by atoms with van der Waals surface area (Å²) in [6.45, 7) is 4.89. The molecular weight excluding hydrogens is 202 g/mol. The number of carbonyl (C=O) groups is 1. The lowest BCUT2D eigenvalue weighted by molar-refractivity contribution is -0.115. The first kappa shape index (κ1) is 11.0. The highest BCUT2D eigenvalue weighted by atomic mass is 32.2. The predicted molar refractivity (Wildman–Crippen MR) is 52.6 cm³/mol. The van der Waals surface area contributed by atoms with Crippen LogP contribution in [-0.2, 0) is 11.3 Å². The second kappa shape index (κ2) is 4.94. The van der Waals surface area contributed by atoms with Gasteiger partial charge in [-0.3, -0.25) is 4.79 Å². The van der Waals surface area contributed by atoms with Crippen LogP contribution >= 0.6 is 11.8 Å². The van der Waals surface area contributed by atoms with Crippen LogP contribution in [0.15, 0.2) is 5.16 Å². The van der Waals surface area contributed by atoms with E-state index in [2.05, 4.69) is 29.4 Å². The monoisotopic (exact) mass is 215 g/mol. The quantitative estimate of drug-likeness (QED) is 0.693. The molecule has 1 heterocycles. The van der Waals surface area contributed by atoms with E-state index in [1.54, 1.807) is 4.68 Å². The molecule has 6 nitrogen and oxygen atoms in total. The van der Waals surface area contributed by atoms with Gasteiger partial charge in [-0.05, 0) is 16.3 Å². The van der Waals surface area contributed by atoms with Crippen molar-refractivity contribution in [1.82, 2.24) is 20.2 Å². The van der Waals surface area contributed by atoms with Crippen LogP contribution in [0.5, 0.6) is 0 Å². The van der Waals surface area contributed by atoms with Crippen molar-refractivity contribution >= 4 is 17.7 Å². The molecule has 0 saturated heterocycles. The van der Waals surface area contributed by atoms with Crippen LogP contribution in [-0.4, -0.2) is 31.9 Å². The Kier molecular flexibility index (Phi) is 3.87. The summed E-state index contributed by atoms with van der Waals surface area (Å²) in [6.07, 6.45) is 0. The Labute approximate surface area is 86.2 Å². The minimum Gasteiger partial charge on any atom is -0.369 e. The van der Waals surface area contributed by atoms with Gasteiger partial charge in [0.25, 0.3) is 0 Å². The van der Waals surface area contributed by atoms with Gasteiger partial charge in [0.1, 0.15) is 0 Å². The van der Waals surface area contributed by atoms with Gasteiger partial charge in [-0.25, -0.2) is 4.68 Å². The molecule has 0 unspecified atom stereocenters. The molecule has 7 heteroatoms. The summed E-state index contributed by atoms with van der Waals surface area (Å²) in [5.74, 6) is 0.305. The van der Waals surface area contributed by atoms with Crippen LogP contribution in [0.4, 0.5) is 0 Å². The number of rotatable bonds is 5. The van der Waals surface area contributed by atoms with E-state index in [1.165, 1.54) is 11.8 Å². The molecule has 78 valence electrons. The maximum absolute atomic E-state index is 10.6. The Bertz CT molecular complexity index is 311. The molecule has 1 aromatic rings. The third-order valence-corrected chi connectivity index (χ3v) is 2.36. The van der Waals surface area contributed by atoms with Crippen molar-refractivity contribution in [2.24, 2.45) is 11.7 Å². The first-order chi connectivity index (χ1) is 6.59. The minimum absolute atomic E-state index is 0.207. The van der Waals surface area contributed by atoms with Crippen LogP contribution in [0.25, 0.3) is 0 Å². The number of nitrogens with two attached hydrogens (primary N) is 1. The van der Waals surface area contributed by atoms with E-state index in [4.69, 9.17) is 5.73 Å². The number of aromatic nitrogens is 4. The minimum atomic E-state index is -0.367. The van der Waals surface area contributed by atoms with Crippen LogP contribution in [0.1, 0.15) is 13.8 Å². The van der Waals surface area contributed by atoms with Gasteiger partial charge in [0.15, 0.2) is 0 Å². The molecule has 0 radical (unpaired) electrons. The summed E-state index contributed by atoms with van der Waals surface area (Å²) in [5, 5.41) is 11.8. The number of nitrogens with zero attached hydrogens (tertiary/aromatic N) is 4. The fourth-order valence-electron chi connectivity index (χ4n) is 0.896. The molecule has 0 aliphatic carbocycles. The van der Waals surface area contributed by atoms with Crippen LogP contribution < -0.4 is 5.73 Å². The van der Waals surface area contributed by atoms with Gasteiger partial charge in [-0.1, -0.05) is 25.6 Å². The highest BCUT2D eigenvalue weighted by Crippen LogP contribution is 2.13. The molecule has 1 rings (SSSR count).